The third kappa shape index (κ3) is 3.49. The van der Waals surface area contributed by atoms with E-state index in [1.807, 2.05) is 6.07 Å². The third-order valence-electron chi connectivity index (χ3n) is 3.86. The molecule has 6 heteroatoms. The van der Waals surface area contributed by atoms with Gasteiger partial charge in [-0.05, 0) is 25.1 Å². The molecule has 0 amide bonds. The minimum atomic E-state index is -0.670. The highest BCUT2D eigenvalue weighted by Crippen LogP contribution is 2.16. The van der Waals surface area contributed by atoms with E-state index in [4.69, 9.17) is 9.47 Å². The summed E-state index contributed by atoms with van der Waals surface area (Å²) >= 11 is 0. The smallest absolute Gasteiger partial charge is 0.343 e. The van der Waals surface area contributed by atoms with E-state index in [9.17, 15) is 14.4 Å². The first-order chi connectivity index (χ1) is 12.6. The molecular weight excluding hydrogens is 334 g/mol. The van der Waals surface area contributed by atoms with Gasteiger partial charge in [-0.25, -0.2) is 9.59 Å². The number of carbonyl (C=O) groups excluding carboxylic acids is 2. The van der Waals surface area contributed by atoms with Crippen molar-refractivity contribution < 1.29 is 19.1 Å². The van der Waals surface area contributed by atoms with Crippen LogP contribution < -0.4 is 5.43 Å². The summed E-state index contributed by atoms with van der Waals surface area (Å²) in [5.74, 6) is -1.12. The first kappa shape index (κ1) is 17.4. The molecule has 3 aromatic rings. The van der Waals surface area contributed by atoms with Crippen molar-refractivity contribution in [2.45, 2.75) is 13.5 Å². The molecule has 3 rings (SSSR count). The largest absolute Gasteiger partial charge is 0.462 e. The van der Waals surface area contributed by atoms with Crippen LogP contribution in [0.25, 0.3) is 10.9 Å². The number of para-hydroxylation sites is 1. The van der Waals surface area contributed by atoms with Crippen molar-refractivity contribution in [2.24, 2.45) is 0 Å². The quantitative estimate of drug-likeness (QED) is 0.714. The maximum absolute atomic E-state index is 12.5. The van der Waals surface area contributed by atoms with Crippen molar-refractivity contribution >= 4 is 22.8 Å². The van der Waals surface area contributed by atoms with Crippen molar-refractivity contribution in [1.82, 2.24) is 4.98 Å². The van der Waals surface area contributed by atoms with Gasteiger partial charge in [-0.15, -0.1) is 0 Å². The highest BCUT2D eigenvalue weighted by atomic mass is 16.5. The van der Waals surface area contributed by atoms with Gasteiger partial charge in [0.15, 0.2) is 0 Å². The summed E-state index contributed by atoms with van der Waals surface area (Å²) in [4.78, 5) is 39.4. The Kier molecular flexibility index (Phi) is 5.12. The monoisotopic (exact) mass is 351 g/mol. The second-order valence-corrected chi connectivity index (χ2v) is 5.53. The first-order valence-corrected chi connectivity index (χ1v) is 8.14. The van der Waals surface area contributed by atoms with Gasteiger partial charge in [0.2, 0.25) is 5.43 Å². The molecule has 6 nitrogen and oxygen atoms in total. The van der Waals surface area contributed by atoms with Crippen molar-refractivity contribution in [2.75, 3.05) is 6.61 Å². The van der Waals surface area contributed by atoms with Crippen LogP contribution in [0, 0.1) is 0 Å². The number of hydrogen-bond acceptors (Lipinski definition) is 5. The van der Waals surface area contributed by atoms with Crippen LogP contribution in [0.3, 0.4) is 0 Å². The maximum atomic E-state index is 12.5. The molecule has 0 bridgehead atoms. The number of esters is 2. The second-order valence-electron chi connectivity index (χ2n) is 5.53. The second kappa shape index (κ2) is 7.65. The fourth-order valence-corrected chi connectivity index (χ4v) is 2.60. The number of H-pyrrole nitrogens is 1. The van der Waals surface area contributed by atoms with E-state index in [0.717, 1.165) is 0 Å². The van der Waals surface area contributed by atoms with Crippen molar-refractivity contribution in [3.05, 3.63) is 81.6 Å². The maximum Gasteiger partial charge on any atom is 0.343 e. The molecule has 26 heavy (non-hydrogen) atoms. The van der Waals surface area contributed by atoms with Gasteiger partial charge in [-0.1, -0.05) is 30.3 Å². The lowest BCUT2D eigenvalue weighted by Gasteiger charge is -2.09. The van der Waals surface area contributed by atoms with Crippen LogP contribution in [0.1, 0.15) is 33.2 Å². The Bertz CT molecular complexity index is 1010. The zero-order valence-electron chi connectivity index (χ0n) is 14.2. The minimum Gasteiger partial charge on any atom is -0.462 e. The number of benzene rings is 2. The van der Waals surface area contributed by atoms with E-state index in [0.29, 0.717) is 22.0 Å². The molecule has 0 unspecified atom stereocenters. The number of pyridine rings is 1. The molecule has 1 N–H and O–H groups in total. The molecule has 1 aromatic heterocycles. The Morgan fingerprint density at radius 1 is 0.962 bits per heavy atom. The standard InChI is InChI=1S/C20H17NO5/c1-2-25-20(24)16-11-21-17-14(9-6-10-15(17)18(16)22)12-26-19(23)13-7-4-3-5-8-13/h3-11H,2,12H2,1H3,(H,21,22). The number of aromatic amines is 1. The summed E-state index contributed by atoms with van der Waals surface area (Å²) in [5.41, 5.74) is 1.13. The molecule has 132 valence electrons. The Labute approximate surface area is 149 Å². The zero-order chi connectivity index (χ0) is 18.5. The van der Waals surface area contributed by atoms with Gasteiger partial charge in [-0.2, -0.15) is 0 Å². The number of carbonyl (C=O) groups is 2. The number of aromatic nitrogens is 1. The van der Waals surface area contributed by atoms with Gasteiger partial charge in [-0.3, -0.25) is 4.79 Å². The predicted molar refractivity (Wildman–Crippen MR) is 96.1 cm³/mol. The molecule has 0 aliphatic carbocycles. The molecule has 0 aliphatic rings. The first-order valence-electron chi connectivity index (χ1n) is 8.14. The van der Waals surface area contributed by atoms with Crippen LogP contribution in [-0.4, -0.2) is 23.5 Å². The van der Waals surface area contributed by atoms with Crippen LogP contribution in [0.5, 0.6) is 0 Å². The fourth-order valence-electron chi connectivity index (χ4n) is 2.60. The lowest BCUT2D eigenvalue weighted by atomic mass is 10.1. The zero-order valence-corrected chi connectivity index (χ0v) is 14.2. The summed E-state index contributed by atoms with van der Waals surface area (Å²) in [5, 5.41) is 0.337. The SMILES string of the molecule is CCOC(=O)c1c[nH]c2c(COC(=O)c3ccccc3)cccc2c1=O. The van der Waals surface area contributed by atoms with Crippen LogP contribution in [0.15, 0.2) is 59.5 Å². The highest BCUT2D eigenvalue weighted by Gasteiger charge is 2.16. The van der Waals surface area contributed by atoms with Crippen LogP contribution in [-0.2, 0) is 16.1 Å². The normalized spacial score (nSPS) is 10.5. The van der Waals surface area contributed by atoms with Crippen molar-refractivity contribution in [3.63, 3.8) is 0 Å². The lowest BCUT2D eigenvalue weighted by Crippen LogP contribution is -2.18. The number of nitrogens with one attached hydrogen (secondary N) is 1. The van der Waals surface area contributed by atoms with E-state index < -0.39 is 17.4 Å². The summed E-state index contributed by atoms with van der Waals surface area (Å²) in [7, 11) is 0. The molecular formula is C20H17NO5. The molecule has 0 radical (unpaired) electrons. The third-order valence-corrected chi connectivity index (χ3v) is 3.86. The molecule has 0 saturated heterocycles. The number of rotatable bonds is 5. The van der Waals surface area contributed by atoms with Crippen LogP contribution in [0.4, 0.5) is 0 Å². The van der Waals surface area contributed by atoms with Gasteiger partial charge < -0.3 is 14.5 Å². The van der Waals surface area contributed by atoms with E-state index in [1.165, 1.54) is 6.20 Å². The van der Waals surface area contributed by atoms with Crippen molar-refractivity contribution in [3.8, 4) is 0 Å². The number of hydrogen-bond donors (Lipinski definition) is 1. The topological polar surface area (TPSA) is 85.5 Å². The lowest BCUT2D eigenvalue weighted by molar-refractivity contribution is 0.0473. The summed E-state index contributed by atoms with van der Waals surface area (Å²) < 4.78 is 10.2. The molecule has 0 aliphatic heterocycles. The Balaban J connectivity index is 1.88. The van der Waals surface area contributed by atoms with Gasteiger partial charge in [0.25, 0.3) is 0 Å². The van der Waals surface area contributed by atoms with Crippen molar-refractivity contribution in [1.29, 1.82) is 0 Å². The Hall–Kier alpha value is -3.41. The van der Waals surface area contributed by atoms with E-state index in [1.54, 1.807) is 49.4 Å². The average molecular weight is 351 g/mol. The molecule has 0 spiro atoms. The Morgan fingerprint density at radius 2 is 1.73 bits per heavy atom. The van der Waals surface area contributed by atoms with E-state index in [-0.39, 0.29) is 18.8 Å². The number of ether oxygens (including phenoxy) is 2. The van der Waals surface area contributed by atoms with Crippen LogP contribution in [0.2, 0.25) is 0 Å². The van der Waals surface area contributed by atoms with Gasteiger partial charge in [0.1, 0.15) is 12.2 Å². The van der Waals surface area contributed by atoms with E-state index in [2.05, 4.69) is 4.98 Å². The number of fused-ring (bicyclic) bond motifs is 1. The van der Waals surface area contributed by atoms with Crippen LogP contribution >= 0.6 is 0 Å². The summed E-state index contributed by atoms with van der Waals surface area (Å²) in [6.45, 7) is 1.86. The molecule has 1 heterocycles. The molecule has 2 aromatic carbocycles. The minimum absolute atomic E-state index is 0.000237. The van der Waals surface area contributed by atoms with Gasteiger partial charge >= 0.3 is 11.9 Å². The average Bonchev–Trinajstić information content (AvgIpc) is 2.67. The summed E-state index contributed by atoms with van der Waals surface area (Å²) in [6, 6.07) is 13.7. The predicted octanol–water partition coefficient (Wildman–Crippen LogP) is 3.06. The Morgan fingerprint density at radius 3 is 2.46 bits per heavy atom. The van der Waals surface area contributed by atoms with E-state index >= 15 is 0 Å². The molecule has 0 atom stereocenters. The van der Waals surface area contributed by atoms with Gasteiger partial charge in [0, 0.05) is 17.1 Å². The summed E-state index contributed by atoms with van der Waals surface area (Å²) in [6.07, 6.45) is 1.32. The van der Waals surface area contributed by atoms with Gasteiger partial charge in [0.05, 0.1) is 17.7 Å². The fraction of sp³-hybridized carbons (Fsp3) is 0.150. The molecule has 0 fully saturated rings. The highest BCUT2D eigenvalue weighted by molar-refractivity contribution is 5.94. The molecule has 0 saturated carbocycles.